The van der Waals surface area contributed by atoms with Crippen LogP contribution in [0.1, 0.15) is 56.1 Å². The number of hydrogen-bond donors (Lipinski definition) is 2. The van der Waals surface area contributed by atoms with Crippen LogP contribution >= 0.6 is 0 Å². The van der Waals surface area contributed by atoms with Crippen molar-refractivity contribution in [2.24, 2.45) is 16.7 Å². The molecular weight excluding hydrogens is 310 g/mol. The summed E-state index contributed by atoms with van der Waals surface area (Å²) in [5, 5.41) is 20.3. The van der Waals surface area contributed by atoms with Crippen LogP contribution in [0.25, 0.3) is 0 Å². The number of hydrogen-bond acceptors (Lipinski definition) is 2. The Hall–Kier alpha value is -1.42. The van der Waals surface area contributed by atoms with Gasteiger partial charge in [0.2, 0.25) is 0 Å². The van der Waals surface area contributed by atoms with Crippen molar-refractivity contribution in [1.29, 1.82) is 0 Å². The van der Waals surface area contributed by atoms with E-state index in [4.69, 9.17) is 0 Å². The maximum atomic E-state index is 13.5. The first-order valence-corrected chi connectivity index (χ1v) is 8.90. The van der Waals surface area contributed by atoms with Crippen molar-refractivity contribution in [3.63, 3.8) is 0 Å². The average molecular weight is 334 g/mol. The highest BCUT2D eigenvalue weighted by molar-refractivity contribution is 5.43. The van der Waals surface area contributed by atoms with Gasteiger partial charge in [0.25, 0.3) is 6.08 Å². The van der Waals surface area contributed by atoms with Crippen LogP contribution in [0, 0.1) is 16.7 Å². The largest absolute Gasteiger partial charge is 0.508 e. The zero-order valence-electron chi connectivity index (χ0n) is 13.9. The minimum Gasteiger partial charge on any atom is -0.508 e. The Morgan fingerprint density at radius 2 is 2.00 bits per heavy atom. The van der Waals surface area contributed by atoms with E-state index in [0.717, 1.165) is 30.4 Å². The molecule has 2 saturated carbocycles. The Bertz CT molecular complexity index is 697. The fourth-order valence-corrected chi connectivity index (χ4v) is 6.18. The first kappa shape index (κ1) is 16.1. The van der Waals surface area contributed by atoms with Crippen molar-refractivity contribution in [3.8, 4) is 5.75 Å². The molecule has 0 bridgehead atoms. The molecule has 24 heavy (non-hydrogen) atoms. The molecule has 1 aromatic carbocycles. The second-order valence-electron chi connectivity index (χ2n) is 8.17. The van der Waals surface area contributed by atoms with Crippen molar-refractivity contribution in [2.75, 3.05) is 0 Å². The van der Waals surface area contributed by atoms with E-state index in [-0.39, 0.29) is 23.0 Å². The first-order chi connectivity index (χ1) is 11.4. The molecule has 0 aliphatic heterocycles. The average Bonchev–Trinajstić information content (AvgIpc) is 2.83. The molecule has 1 aromatic rings. The van der Waals surface area contributed by atoms with Gasteiger partial charge in [-0.3, -0.25) is 0 Å². The van der Waals surface area contributed by atoms with Crippen molar-refractivity contribution in [3.05, 3.63) is 41.5 Å². The molecule has 0 saturated heterocycles. The fraction of sp³-hybridized carbons (Fsp3) is 0.600. The van der Waals surface area contributed by atoms with Crippen molar-refractivity contribution in [2.45, 2.75) is 57.5 Å². The summed E-state index contributed by atoms with van der Waals surface area (Å²) in [4.78, 5) is 0. The molecule has 2 unspecified atom stereocenters. The van der Waals surface area contributed by atoms with E-state index in [1.807, 2.05) is 6.07 Å². The van der Waals surface area contributed by atoms with Crippen molar-refractivity contribution < 1.29 is 19.0 Å². The van der Waals surface area contributed by atoms with Gasteiger partial charge in [-0.25, -0.2) is 0 Å². The minimum absolute atomic E-state index is 0.0479. The quantitative estimate of drug-likeness (QED) is 0.777. The number of phenolic OH excluding ortho intramolecular Hbond substituents is 1. The number of aliphatic hydroxyl groups excluding tert-OH is 1. The number of aliphatic hydroxyl groups is 1. The molecule has 0 amide bonds. The molecule has 2 fully saturated rings. The predicted molar refractivity (Wildman–Crippen MR) is 88.0 cm³/mol. The van der Waals surface area contributed by atoms with Gasteiger partial charge in [0.1, 0.15) is 5.75 Å². The molecule has 2 N–H and O–H groups in total. The van der Waals surface area contributed by atoms with E-state index >= 15 is 0 Å². The molecule has 3 aliphatic carbocycles. The zero-order valence-corrected chi connectivity index (χ0v) is 13.9. The SMILES string of the molecule is C[C@]12CCC3c4ccc(O)cc4CC[C@@]3(C=C(F)F)C1CC[C@@H]2O. The maximum absolute atomic E-state index is 13.5. The van der Waals surface area contributed by atoms with E-state index in [1.54, 1.807) is 12.1 Å². The predicted octanol–water partition coefficient (Wildman–Crippen LogP) is 4.76. The molecule has 0 spiro atoms. The zero-order chi connectivity index (χ0) is 17.1. The van der Waals surface area contributed by atoms with Crippen LogP contribution in [0.4, 0.5) is 8.78 Å². The van der Waals surface area contributed by atoms with Crippen LogP contribution in [0.2, 0.25) is 0 Å². The van der Waals surface area contributed by atoms with Gasteiger partial charge in [-0.15, -0.1) is 0 Å². The number of phenols is 1. The third-order valence-electron chi connectivity index (χ3n) is 7.26. The van der Waals surface area contributed by atoms with Gasteiger partial charge in [-0.05, 0) is 85.1 Å². The summed E-state index contributed by atoms with van der Waals surface area (Å²) >= 11 is 0. The molecule has 0 heterocycles. The summed E-state index contributed by atoms with van der Waals surface area (Å²) in [6.45, 7) is 2.09. The standard InChI is InChI=1S/C20H24F2O2/c1-19-8-7-15-14-3-2-13(23)10-12(14)6-9-20(15,11-18(21)22)16(19)4-5-17(19)24/h2-3,10-11,15-17,23-24H,4-9H2,1H3/t15?,16?,17-,19-,20-/m0/s1. The number of allylic oxidation sites excluding steroid dienone is 1. The second-order valence-corrected chi connectivity index (χ2v) is 8.17. The van der Waals surface area contributed by atoms with Gasteiger partial charge < -0.3 is 10.2 Å². The number of rotatable bonds is 1. The lowest BCUT2D eigenvalue weighted by molar-refractivity contribution is -0.0543. The summed E-state index contributed by atoms with van der Waals surface area (Å²) in [6.07, 6.45) is 3.79. The van der Waals surface area contributed by atoms with E-state index in [9.17, 15) is 19.0 Å². The van der Waals surface area contributed by atoms with Gasteiger partial charge in [-0.1, -0.05) is 13.0 Å². The van der Waals surface area contributed by atoms with Gasteiger partial charge in [0, 0.05) is 5.41 Å². The molecule has 4 rings (SSSR count). The maximum Gasteiger partial charge on any atom is 0.266 e. The smallest absolute Gasteiger partial charge is 0.266 e. The Labute approximate surface area is 141 Å². The summed E-state index contributed by atoms with van der Waals surface area (Å²) in [5.74, 6) is 0.374. The van der Waals surface area contributed by atoms with E-state index < -0.39 is 17.6 Å². The molecular formula is C20H24F2O2. The topological polar surface area (TPSA) is 40.5 Å². The lowest BCUT2D eigenvalue weighted by atomic mass is 9.47. The van der Waals surface area contributed by atoms with Crippen LogP contribution in [0.3, 0.4) is 0 Å². The molecule has 3 aliphatic rings. The van der Waals surface area contributed by atoms with Gasteiger partial charge in [0.05, 0.1) is 6.10 Å². The van der Waals surface area contributed by atoms with Crippen molar-refractivity contribution in [1.82, 2.24) is 0 Å². The Kier molecular flexibility index (Phi) is 3.54. The summed E-state index contributed by atoms with van der Waals surface area (Å²) in [5.41, 5.74) is 1.36. The van der Waals surface area contributed by atoms with Crippen LogP contribution in [0.15, 0.2) is 30.4 Å². The van der Waals surface area contributed by atoms with Crippen molar-refractivity contribution >= 4 is 0 Å². The van der Waals surface area contributed by atoms with Crippen LogP contribution < -0.4 is 0 Å². The van der Waals surface area contributed by atoms with Gasteiger partial charge in [-0.2, -0.15) is 8.78 Å². The van der Waals surface area contributed by atoms with Gasteiger partial charge in [0.15, 0.2) is 0 Å². The number of benzene rings is 1. The number of aryl methyl sites for hydroxylation is 1. The normalized spacial score (nSPS) is 40.4. The summed E-state index contributed by atoms with van der Waals surface area (Å²) < 4.78 is 26.9. The molecule has 130 valence electrons. The second kappa shape index (κ2) is 5.29. The Morgan fingerprint density at radius 3 is 2.75 bits per heavy atom. The highest BCUT2D eigenvalue weighted by Crippen LogP contribution is 2.67. The Morgan fingerprint density at radius 1 is 1.21 bits per heavy atom. The fourth-order valence-electron chi connectivity index (χ4n) is 6.18. The lowest BCUT2D eigenvalue weighted by Crippen LogP contribution is -2.50. The molecule has 0 aromatic heterocycles. The Balaban J connectivity index is 1.87. The highest BCUT2D eigenvalue weighted by Gasteiger charge is 2.61. The number of fused-ring (bicyclic) bond motifs is 5. The van der Waals surface area contributed by atoms with Crippen LogP contribution in [-0.2, 0) is 6.42 Å². The lowest BCUT2D eigenvalue weighted by Gasteiger charge is -2.57. The van der Waals surface area contributed by atoms with E-state index in [1.165, 1.54) is 6.08 Å². The van der Waals surface area contributed by atoms with Crippen LogP contribution in [0.5, 0.6) is 5.75 Å². The van der Waals surface area contributed by atoms with Gasteiger partial charge >= 0.3 is 0 Å². The molecule has 2 nitrogen and oxygen atoms in total. The van der Waals surface area contributed by atoms with E-state index in [2.05, 4.69) is 6.92 Å². The summed E-state index contributed by atoms with van der Waals surface area (Å²) in [7, 11) is 0. The number of halogens is 2. The minimum atomic E-state index is -1.60. The van der Waals surface area contributed by atoms with Crippen LogP contribution in [-0.4, -0.2) is 16.3 Å². The highest BCUT2D eigenvalue weighted by atomic mass is 19.3. The third kappa shape index (κ3) is 2.08. The number of aromatic hydroxyl groups is 1. The third-order valence-corrected chi connectivity index (χ3v) is 7.26. The molecule has 4 heteroatoms. The summed E-state index contributed by atoms with van der Waals surface area (Å²) in [6, 6.07) is 5.37. The molecule has 5 atom stereocenters. The van der Waals surface area contributed by atoms with E-state index in [0.29, 0.717) is 19.3 Å². The first-order valence-electron chi connectivity index (χ1n) is 8.90. The molecule has 0 radical (unpaired) electrons. The monoisotopic (exact) mass is 334 g/mol.